The van der Waals surface area contributed by atoms with Gasteiger partial charge in [0.25, 0.3) is 0 Å². The van der Waals surface area contributed by atoms with Gasteiger partial charge in [0.2, 0.25) is 10.0 Å². The van der Waals surface area contributed by atoms with E-state index in [4.69, 9.17) is 11.2 Å². The Morgan fingerprint density at radius 2 is 2.15 bits per heavy atom. The molecule has 1 aromatic rings. The van der Waals surface area contributed by atoms with E-state index in [0.717, 1.165) is 10.7 Å². The highest BCUT2D eigenvalue weighted by Crippen LogP contribution is 2.24. The van der Waals surface area contributed by atoms with Gasteiger partial charge in [0.05, 0.1) is 24.7 Å². The monoisotopic (exact) mass is 297 g/mol. The lowest BCUT2D eigenvalue weighted by Gasteiger charge is -2.16. The van der Waals surface area contributed by atoms with E-state index in [0.29, 0.717) is 17.9 Å². The zero-order valence-electron chi connectivity index (χ0n) is 11.7. The minimum absolute atomic E-state index is 0.00905. The van der Waals surface area contributed by atoms with Gasteiger partial charge in [-0.25, -0.2) is 8.42 Å². The fraction of sp³-hybridized carbons (Fsp3) is 0.429. The topological polar surface area (TPSA) is 66.8 Å². The predicted molar refractivity (Wildman–Crippen MR) is 76.8 cm³/mol. The van der Waals surface area contributed by atoms with Gasteiger partial charge in [-0.2, -0.15) is 4.31 Å². The van der Waals surface area contributed by atoms with Crippen LogP contribution >= 0.6 is 0 Å². The standard InChI is InChI=1S/C14H19NO4S/c1-4-8-15(3)20(17,18)13-6-7-14(19-9-5-2)12(10-13)11-16/h1,6-7,10,16H,5,8-9,11H2,2-3H3. The molecule has 0 amide bonds. The summed E-state index contributed by atoms with van der Waals surface area (Å²) in [5.74, 6) is 2.78. The molecule has 0 fully saturated rings. The second-order valence-corrected chi connectivity index (χ2v) is 6.29. The maximum absolute atomic E-state index is 12.2. The van der Waals surface area contributed by atoms with Crippen molar-refractivity contribution >= 4 is 10.0 Å². The molecule has 1 N–H and O–H groups in total. The second kappa shape index (κ2) is 7.29. The van der Waals surface area contributed by atoms with E-state index in [1.165, 1.54) is 19.2 Å². The van der Waals surface area contributed by atoms with Crippen molar-refractivity contribution in [3.05, 3.63) is 23.8 Å². The highest BCUT2D eigenvalue weighted by Gasteiger charge is 2.21. The zero-order valence-corrected chi connectivity index (χ0v) is 12.5. The van der Waals surface area contributed by atoms with Crippen molar-refractivity contribution < 1.29 is 18.3 Å². The number of sulfonamides is 1. The van der Waals surface area contributed by atoms with E-state index in [9.17, 15) is 13.5 Å². The van der Waals surface area contributed by atoms with Crippen molar-refractivity contribution in [1.29, 1.82) is 0 Å². The van der Waals surface area contributed by atoms with Crippen molar-refractivity contribution in [3.8, 4) is 18.1 Å². The third kappa shape index (κ3) is 3.73. The molecule has 5 nitrogen and oxygen atoms in total. The second-order valence-electron chi connectivity index (χ2n) is 4.24. The Hall–Kier alpha value is -1.55. The highest BCUT2D eigenvalue weighted by molar-refractivity contribution is 7.89. The van der Waals surface area contributed by atoms with E-state index in [-0.39, 0.29) is 18.0 Å². The van der Waals surface area contributed by atoms with Gasteiger partial charge < -0.3 is 9.84 Å². The first-order valence-electron chi connectivity index (χ1n) is 6.23. The molecule has 110 valence electrons. The molecule has 0 atom stereocenters. The van der Waals surface area contributed by atoms with Gasteiger partial charge in [0, 0.05) is 12.6 Å². The minimum atomic E-state index is -3.65. The van der Waals surface area contributed by atoms with Crippen LogP contribution in [0.2, 0.25) is 0 Å². The number of benzene rings is 1. The molecule has 1 aromatic carbocycles. The lowest BCUT2D eigenvalue weighted by molar-refractivity contribution is 0.262. The third-order valence-electron chi connectivity index (χ3n) is 2.69. The summed E-state index contributed by atoms with van der Waals surface area (Å²) in [5, 5.41) is 9.33. The molecule has 0 heterocycles. The molecule has 1 rings (SSSR count). The molecule has 0 aliphatic rings. The summed E-state index contributed by atoms with van der Waals surface area (Å²) in [6.45, 7) is 2.18. The number of aliphatic hydroxyl groups is 1. The van der Waals surface area contributed by atoms with Crippen LogP contribution in [-0.2, 0) is 16.6 Å². The Balaban J connectivity index is 3.12. The molecular formula is C14H19NO4S. The van der Waals surface area contributed by atoms with Crippen molar-refractivity contribution in [1.82, 2.24) is 4.31 Å². The van der Waals surface area contributed by atoms with E-state index in [1.54, 1.807) is 6.07 Å². The molecule has 0 radical (unpaired) electrons. The fourth-order valence-electron chi connectivity index (χ4n) is 1.59. The average Bonchev–Trinajstić information content (AvgIpc) is 2.45. The Kier molecular flexibility index (Phi) is 6.02. The average molecular weight is 297 g/mol. The van der Waals surface area contributed by atoms with Crippen molar-refractivity contribution in [2.75, 3.05) is 20.2 Å². The first-order valence-corrected chi connectivity index (χ1v) is 7.67. The van der Waals surface area contributed by atoms with Crippen LogP contribution in [-0.4, -0.2) is 38.0 Å². The zero-order chi connectivity index (χ0) is 15.2. The summed E-state index contributed by atoms with van der Waals surface area (Å²) in [6.07, 6.45) is 5.95. The quantitative estimate of drug-likeness (QED) is 0.769. The molecule has 0 spiro atoms. The maximum Gasteiger partial charge on any atom is 0.243 e. The number of terminal acetylenes is 1. The van der Waals surface area contributed by atoms with Crippen LogP contribution in [0.1, 0.15) is 18.9 Å². The van der Waals surface area contributed by atoms with Crippen LogP contribution in [0.4, 0.5) is 0 Å². The summed E-state index contributed by atoms with van der Waals surface area (Å²) in [4.78, 5) is 0.0862. The Labute approximate surface area is 120 Å². The van der Waals surface area contributed by atoms with E-state index in [1.807, 2.05) is 6.92 Å². The van der Waals surface area contributed by atoms with E-state index >= 15 is 0 Å². The lowest BCUT2D eigenvalue weighted by Crippen LogP contribution is -2.27. The Morgan fingerprint density at radius 3 is 2.70 bits per heavy atom. The van der Waals surface area contributed by atoms with Gasteiger partial charge in [0.1, 0.15) is 5.75 Å². The number of nitrogens with zero attached hydrogens (tertiary/aromatic N) is 1. The highest BCUT2D eigenvalue weighted by atomic mass is 32.2. The molecular weight excluding hydrogens is 278 g/mol. The van der Waals surface area contributed by atoms with Crippen LogP contribution in [0.3, 0.4) is 0 Å². The fourth-order valence-corrected chi connectivity index (χ4v) is 2.72. The SMILES string of the molecule is C#CCN(C)S(=O)(=O)c1ccc(OCCC)c(CO)c1. The number of hydrogen-bond acceptors (Lipinski definition) is 4. The molecule has 0 saturated carbocycles. The van der Waals surface area contributed by atoms with Gasteiger partial charge >= 0.3 is 0 Å². The van der Waals surface area contributed by atoms with Crippen molar-refractivity contribution in [3.63, 3.8) is 0 Å². The first-order chi connectivity index (χ1) is 9.47. The van der Waals surface area contributed by atoms with E-state index < -0.39 is 10.0 Å². The van der Waals surface area contributed by atoms with Crippen LogP contribution in [0.5, 0.6) is 5.75 Å². The van der Waals surface area contributed by atoms with Crippen molar-refractivity contribution in [2.24, 2.45) is 0 Å². The molecule has 0 aliphatic heterocycles. The minimum Gasteiger partial charge on any atom is -0.493 e. The lowest BCUT2D eigenvalue weighted by atomic mass is 10.2. The number of aliphatic hydroxyl groups excluding tert-OH is 1. The largest absolute Gasteiger partial charge is 0.493 e. The molecule has 0 unspecified atom stereocenters. The number of rotatable bonds is 7. The third-order valence-corrected chi connectivity index (χ3v) is 4.49. The normalized spacial score (nSPS) is 11.3. The molecule has 0 aliphatic carbocycles. The van der Waals surface area contributed by atoms with Gasteiger partial charge in [0.15, 0.2) is 0 Å². The van der Waals surface area contributed by atoms with Gasteiger partial charge in [-0.3, -0.25) is 0 Å². The Morgan fingerprint density at radius 1 is 1.45 bits per heavy atom. The summed E-state index contributed by atoms with van der Waals surface area (Å²) >= 11 is 0. The van der Waals surface area contributed by atoms with Crippen LogP contribution < -0.4 is 4.74 Å². The predicted octanol–water partition coefficient (Wildman–Crippen LogP) is 1.22. The number of hydrogen-bond donors (Lipinski definition) is 1. The van der Waals surface area contributed by atoms with Gasteiger partial charge in [-0.15, -0.1) is 6.42 Å². The smallest absolute Gasteiger partial charge is 0.243 e. The number of ether oxygens (including phenoxy) is 1. The van der Waals surface area contributed by atoms with Crippen LogP contribution in [0.25, 0.3) is 0 Å². The molecule has 0 aromatic heterocycles. The molecule has 20 heavy (non-hydrogen) atoms. The van der Waals surface area contributed by atoms with Gasteiger partial charge in [-0.1, -0.05) is 12.8 Å². The van der Waals surface area contributed by atoms with Crippen LogP contribution in [0.15, 0.2) is 23.1 Å². The Bertz CT molecular complexity index is 590. The van der Waals surface area contributed by atoms with Gasteiger partial charge in [-0.05, 0) is 24.6 Å². The van der Waals surface area contributed by atoms with E-state index in [2.05, 4.69) is 5.92 Å². The summed E-state index contributed by atoms with van der Waals surface area (Å²) < 4.78 is 31.0. The first kappa shape index (κ1) is 16.5. The summed E-state index contributed by atoms with van der Waals surface area (Å²) in [5.41, 5.74) is 0.439. The van der Waals surface area contributed by atoms with Crippen molar-refractivity contribution in [2.45, 2.75) is 24.8 Å². The summed E-state index contributed by atoms with van der Waals surface area (Å²) in [7, 11) is -2.23. The molecule has 6 heteroatoms. The maximum atomic E-state index is 12.2. The summed E-state index contributed by atoms with van der Waals surface area (Å²) in [6, 6.07) is 4.41. The molecule has 0 bridgehead atoms. The molecule has 0 saturated heterocycles. The van der Waals surface area contributed by atoms with Crippen LogP contribution in [0, 0.1) is 12.3 Å².